The van der Waals surface area contributed by atoms with Gasteiger partial charge in [0.25, 0.3) is 0 Å². The van der Waals surface area contributed by atoms with Gasteiger partial charge in [0.2, 0.25) is 0 Å². The Labute approximate surface area is 122 Å². The number of nitrogens with zero attached hydrogens (tertiary/aromatic N) is 3. The fourth-order valence-corrected chi connectivity index (χ4v) is 3.25. The number of anilines is 1. The third-order valence-electron chi connectivity index (χ3n) is 2.61. The van der Waals surface area contributed by atoms with Crippen molar-refractivity contribution in [2.75, 3.05) is 5.73 Å². The summed E-state index contributed by atoms with van der Waals surface area (Å²) in [6.07, 6.45) is 1.48. The average molecular weight is 343 g/mol. The first-order valence-electron chi connectivity index (χ1n) is 5.81. The molecule has 1 heterocycles. The fraction of sp³-hybridized carbons (Fsp3) is 0.333. The summed E-state index contributed by atoms with van der Waals surface area (Å²) in [5.41, 5.74) is 6.40. The second-order valence-corrected chi connectivity index (χ2v) is 6.72. The molecule has 1 aromatic carbocycles. The highest BCUT2D eigenvalue weighted by molar-refractivity contribution is 9.10. The molecule has 0 saturated carbocycles. The lowest BCUT2D eigenvalue weighted by atomic mass is 10.3. The zero-order valence-corrected chi connectivity index (χ0v) is 13.1. The van der Waals surface area contributed by atoms with Crippen molar-refractivity contribution in [2.45, 2.75) is 30.5 Å². The lowest BCUT2D eigenvalue weighted by Crippen LogP contribution is -2.11. The van der Waals surface area contributed by atoms with Gasteiger partial charge < -0.3 is 5.73 Å². The first kappa shape index (κ1) is 14.2. The monoisotopic (exact) mass is 342 g/mol. The van der Waals surface area contributed by atoms with E-state index in [1.807, 2.05) is 19.9 Å². The smallest absolute Gasteiger partial charge is 0.140 e. The van der Waals surface area contributed by atoms with Crippen LogP contribution >= 0.6 is 15.9 Å². The molecule has 1 unspecified atom stereocenters. The Kier molecular flexibility index (Phi) is 4.36. The minimum atomic E-state index is -1.23. The van der Waals surface area contributed by atoms with E-state index >= 15 is 0 Å². The third-order valence-corrected chi connectivity index (χ3v) is 4.49. The normalized spacial score (nSPS) is 12.8. The van der Waals surface area contributed by atoms with Crippen molar-refractivity contribution in [3.63, 3.8) is 0 Å². The molecule has 0 radical (unpaired) electrons. The Morgan fingerprint density at radius 2 is 2.21 bits per heavy atom. The maximum atomic E-state index is 12.4. The standard InChI is InChI=1S/C12H15BrN4OS/c1-8(2)17-12(15-7-16-17)6-19(18)11-4-3-9(13)5-10(11)14/h3-5,7-8H,6,14H2,1-2H3. The summed E-state index contributed by atoms with van der Waals surface area (Å²) < 4.78 is 15.0. The molecule has 2 N–H and O–H groups in total. The van der Waals surface area contributed by atoms with Crippen LogP contribution in [-0.4, -0.2) is 19.0 Å². The highest BCUT2D eigenvalue weighted by Crippen LogP contribution is 2.23. The topological polar surface area (TPSA) is 73.8 Å². The van der Waals surface area contributed by atoms with E-state index in [1.165, 1.54) is 6.33 Å². The number of hydrogen-bond acceptors (Lipinski definition) is 4. The first-order chi connectivity index (χ1) is 8.99. The summed E-state index contributed by atoms with van der Waals surface area (Å²) in [6.45, 7) is 4.02. The highest BCUT2D eigenvalue weighted by atomic mass is 79.9. The van der Waals surface area contributed by atoms with Crippen molar-refractivity contribution in [2.24, 2.45) is 0 Å². The van der Waals surface area contributed by atoms with Crippen molar-refractivity contribution in [3.8, 4) is 0 Å². The number of aromatic nitrogens is 3. The Morgan fingerprint density at radius 3 is 2.84 bits per heavy atom. The van der Waals surface area contributed by atoms with Crippen LogP contribution in [0.25, 0.3) is 0 Å². The lowest BCUT2D eigenvalue weighted by Gasteiger charge is -2.10. The van der Waals surface area contributed by atoms with E-state index in [2.05, 4.69) is 26.0 Å². The summed E-state index contributed by atoms with van der Waals surface area (Å²) in [6, 6.07) is 5.54. The minimum Gasteiger partial charge on any atom is -0.398 e. The number of halogens is 1. The highest BCUT2D eigenvalue weighted by Gasteiger charge is 2.14. The summed E-state index contributed by atoms with van der Waals surface area (Å²) in [5, 5.41) is 4.13. The van der Waals surface area contributed by atoms with Crippen LogP contribution in [0.3, 0.4) is 0 Å². The summed E-state index contributed by atoms with van der Waals surface area (Å²) in [7, 11) is -1.23. The molecule has 2 aromatic rings. The van der Waals surface area contributed by atoms with Crippen molar-refractivity contribution >= 4 is 32.4 Å². The van der Waals surface area contributed by atoms with E-state index in [0.717, 1.165) is 4.47 Å². The predicted octanol–water partition coefficient (Wildman–Crippen LogP) is 2.51. The van der Waals surface area contributed by atoms with Gasteiger partial charge in [-0.3, -0.25) is 4.21 Å². The molecule has 0 fully saturated rings. The molecule has 0 spiro atoms. The number of hydrogen-bond donors (Lipinski definition) is 1. The Balaban J connectivity index is 2.23. The molecule has 0 bridgehead atoms. The van der Waals surface area contributed by atoms with Gasteiger partial charge in [-0.25, -0.2) is 9.67 Å². The largest absolute Gasteiger partial charge is 0.398 e. The number of nitrogen functional groups attached to an aromatic ring is 1. The lowest BCUT2D eigenvalue weighted by molar-refractivity contribution is 0.513. The average Bonchev–Trinajstić information content (AvgIpc) is 2.76. The van der Waals surface area contributed by atoms with Crippen LogP contribution in [0.4, 0.5) is 5.69 Å². The van der Waals surface area contributed by atoms with Gasteiger partial charge in [-0.15, -0.1) is 0 Å². The van der Waals surface area contributed by atoms with Crippen LogP contribution in [0.5, 0.6) is 0 Å². The quantitative estimate of drug-likeness (QED) is 0.866. The molecule has 0 aliphatic rings. The van der Waals surface area contributed by atoms with E-state index in [0.29, 0.717) is 22.2 Å². The van der Waals surface area contributed by atoms with Gasteiger partial charge in [0.05, 0.1) is 21.4 Å². The molecule has 2 rings (SSSR count). The zero-order chi connectivity index (χ0) is 14.0. The van der Waals surface area contributed by atoms with Crippen molar-refractivity contribution in [1.29, 1.82) is 0 Å². The van der Waals surface area contributed by atoms with Gasteiger partial charge in [-0.1, -0.05) is 15.9 Å². The second-order valence-electron chi connectivity index (χ2n) is 4.39. The minimum absolute atomic E-state index is 0.191. The SMILES string of the molecule is CC(C)n1ncnc1CS(=O)c1ccc(Br)cc1N. The molecular formula is C12H15BrN4OS. The summed E-state index contributed by atoms with van der Waals surface area (Å²) >= 11 is 3.33. The van der Waals surface area contributed by atoms with Gasteiger partial charge in [0, 0.05) is 16.2 Å². The third kappa shape index (κ3) is 3.22. The van der Waals surface area contributed by atoms with E-state index in [4.69, 9.17) is 5.73 Å². The molecular weight excluding hydrogens is 328 g/mol. The van der Waals surface area contributed by atoms with E-state index in [-0.39, 0.29) is 6.04 Å². The molecule has 0 saturated heterocycles. The Bertz CT molecular complexity index is 612. The van der Waals surface area contributed by atoms with Gasteiger partial charge >= 0.3 is 0 Å². The van der Waals surface area contributed by atoms with Crippen molar-refractivity contribution in [3.05, 3.63) is 34.8 Å². The molecule has 19 heavy (non-hydrogen) atoms. The summed E-state index contributed by atoms with van der Waals surface area (Å²) in [5.74, 6) is 1.01. The van der Waals surface area contributed by atoms with Crippen LogP contribution in [0.2, 0.25) is 0 Å². The van der Waals surface area contributed by atoms with E-state index in [9.17, 15) is 4.21 Å². The molecule has 102 valence electrons. The molecule has 7 heteroatoms. The van der Waals surface area contributed by atoms with Crippen molar-refractivity contribution in [1.82, 2.24) is 14.8 Å². The fourth-order valence-electron chi connectivity index (χ4n) is 1.73. The number of nitrogens with two attached hydrogens (primary N) is 1. The summed E-state index contributed by atoms with van der Waals surface area (Å²) in [4.78, 5) is 4.79. The molecule has 0 amide bonds. The predicted molar refractivity (Wildman–Crippen MR) is 79.1 cm³/mol. The van der Waals surface area contributed by atoms with Crippen LogP contribution in [-0.2, 0) is 16.6 Å². The maximum absolute atomic E-state index is 12.4. The molecule has 1 atom stereocenters. The number of rotatable bonds is 4. The molecule has 5 nitrogen and oxygen atoms in total. The van der Waals surface area contributed by atoms with Crippen LogP contribution < -0.4 is 5.73 Å². The molecule has 1 aromatic heterocycles. The van der Waals surface area contributed by atoms with Gasteiger partial charge in [0.15, 0.2) is 0 Å². The Hall–Kier alpha value is -1.21. The zero-order valence-electron chi connectivity index (χ0n) is 10.7. The Morgan fingerprint density at radius 1 is 1.47 bits per heavy atom. The van der Waals surface area contributed by atoms with Gasteiger partial charge in [-0.2, -0.15) is 5.10 Å². The van der Waals surface area contributed by atoms with Gasteiger partial charge in [-0.05, 0) is 32.0 Å². The molecule has 0 aliphatic heterocycles. The van der Waals surface area contributed by atoms with E-state index < -0.39 is 10.8 Å². The van der Waals surface area contributed by atoms with Crippen molar-refractivity contribution < 1.29 is 4.21 Å². The van der Waals surface area contributed by atoms with E-state index in [1.54, 1.807) is 16.8 Å². The molecule has 0 aliphatic carbocycles. The number of benzene rings is 1. The van der Waals surface area contributed by atoms with Crippen LogP contribution in [0, 0.1) is 0 Å². The second kappa shape index (κ2) is 5.83. The van der Waals surface area contributed by atoms with Crippen LogP contribution in [0.15, 0.2) is 33.9 Å². The maximum Gasteiger partial charge on any atom is 0.140 e. The first-order valence-corrected chi connectivity index (χ1v) is 7.92. The van der Waals surface area contributed by atoms with Gasteiger partial charge in [0.1, 0.15) is 12.2 Å². The van der Waals surface area contributed by atoms with Crippen LogP contribution in [0.1, 0.15) is 25.7 Å².